The minimum atomic E-state index is -1.14. The Morgan fingerprint density at radius 3 is 1.45 bits per heavy atom. The predicted octanol–water partition coefficient (Wildman–Crippen LogP) is 3.47. The summed E-state index contributed by atoms with van der Waals surface area (Å²) >= 11 is 0. The van der Waals surface area contributed by atoms with Crippen LogP contribution in [0, 0.1) is 0 Å². The standard InChI is InChI=1S/C22H46O7Si2/c1-30(2,3)13-11-25-17-27-19-9-7-8-10-20(22(16-24)29-21(19)15-23)28-18-26-12-14-31(4,5)6/h7-8,19-24H,9-18H2,1-6H3/b8-7-/t19-,20+,21-,22+. The van der Waals surface area contributed by atoms with Gasteiger partial charge < -0.3 is 33.9 Å². The predicted molar refractivity (Wildman–Crippen MR) is 129 cm³/mol. The molecule has 0 aromatic heterocycles. The van der Waals surface area contributed by atoms with Crippen LogP contribution in [0.3, 0.4) is 0 Å². The quantitative estimate of drug-likeness (QED) is 0.171. The first-order chi connectivity index (χ1) is 14.6. The summed E-state index contributed by atoms with van der Waals surface area (Å²) in [4.78, 5) is 0. The van der Waals surface area contributed by atoms with E-state index in [1.54, 1.807) is 0 Å². The van der Waals surface area contributed by atoms with Crippen molar-refractivity contribution in [1.29, 1.82) is 0 Å². The average Bonchev–Trinajstić information content (AvgIpc) is 2.75. The van der Waals surface area contributed by atoms with Crippen molar-refractivity contribution in [1.82, 2.24) is 0 Å². The summed E-state index contributed by atoms with van der Waals surface area (Å²) in [6.07, 6.45) is 3.38. The fraction of sp³-hybridized carbons (Fsp3) is 0.909. The zero-order chi connectivity index (χ0) is 23.3. The molecule has 184 valence electrons. The molecule has 0 unspecified atom stereocenters. The van der Waals surface area contributed by atoms with Gasteiger partial charge in [0.2, 0.25) is 0 Å². The van der Waals surface area contributed by atoms with Crippen molar-refractivity contribution in [3.8, 4) is 0 Å². The van der Waals surface area contributed by atoms with E-state index in [-0.39, 0.29) is 39.0 Å². The van der Waals surface area contributed by atoms with Crippen molar-refractivity contribution >= 4 is 16.1 Å². The van der Waals surface area contributed by atoms with Crippen molar-refractivity contribution in [2.45, 2.75) is 88.6 Å². The number of rotatable bonds is 14. The van der Waals surface area contributed by atoms with Crippen LogP contribution in [0.5, 0.6) is 0 Å². The van der Waals surface area contributed by atoms with Crippen LogP contribution >= 0.6 is 0 Å². The Hall–Kier alpha value is -0.106. The zero-order valence-corrected chi connectivity index (χ0v) is 22.5. The lowest BCUT2D eigenvalue weighted by Gasteiger charge is -2.31. The monoisotopic (exact) mass is 478 g/mol. The molecule has 0 amide bonds. The summed E-state index contributed by atoms with van der Waals surface area (Å²) in [6, 6.07) is 2.15. The lowest BCUT2D eigenvalue weighted by Crippen LogP contribution is -2.43. The third-order valence-electron chi connectivity index (χ3n) is 5.17. The molecule has 0 fully saturated rings. The van der Waals surface area contributed by atoms with Gasteiger partial charge in [0.25, 0.3) is 0 Å². The molecule has 1 aliphatic rings. The van der Waals surface area contributed by atoms with E-state index in [0.29, 0.717) is 26.1 Å². The maximum Gasteiger partial charge on any atom is 0.147 e. The molecule has 1 rings (SSSR count). The Kier molecular flexibility index (Phi) is 13.9. The SMILES string of the molecule is C[Si](C)(C)CCOCO[C@H]1C/C=C\C[C@@H](OCOCC[Si](C)(C)C)[C@@H](CO)O[C@H]1CO. The minimum absolute atomic E-state index is 0.164. The molecule has 4 atom stereocenters. The molecular weight excluding hydrogens is 432 g/mol. The van der Waals surface area contributed by atoms with Crippen LogP contribution in [0.25, 0.3) is 0 Å². The first-order valence-electron chi connectivity index (χ1n) is 11.5. The summed E-state index contributed by atoms with van der Waals surface area (Å²) in [5.41, 5.74) is 0. The van der Waals surface area contributed by atoms with Gasteiger partial charge in [0, 0.05) is 29.4 Å². The highest BCUT2D eigenvalue weighted by Gasteiger charge is 2.31. The minimum Gasteiger partial charge on any atom is -0.394 e. The Morgan fingerprint density at radius 1 is 0.742 bits per heavy atom. The van der Waals surface area contributed by atoms with E-state index in [0.717, 1.165) is 12.1 Å². The summed E-state index contributed by atoms with van der Waals surface area (Å²) < 4.78 is 29.1. The van der Waals surface area contributed by atoms with Gasteiger partial charge in [-0.3, -0.25) is 0 Å². The third-order valence-corrected chi connectivity index (χ3v) is 8.57. The highest BCUT2D eigenvalue weighted by atomic mass is 28.3. The molecule has 9 heteroatoms. The second-order valence-corrected chi connectivity index (χ2v) is 21.8. The number of aliphatic hydroxyl groups excluding tert-OH is 2. The first kappa shape index (κ1) is 28.9. The Balaban J connectivity index is 2.54. The molecule has 1 aliphatic heterocycles. The second-order valence-electron chi connectivity index (χ2n) is 10.6. The van der Waals surface area contributed by atoms with Crippen LogP contribution in [0.4, 0.5) is 0 Å². The zero-order valence-electron chi connectivity index (χ0n) is 20.5. The van der Waals surface area contributed by atoms with Crippen LogP contribution in [-0.2, 0) is 23.7 Å². The first-order valence-corrected chi connectivity index (χ1v) is 18.9. The van der Waals surface area contributed by atoms with E-state index in [4.69, 9.17) is 23.7 Å². The molecule has 0 saturated heterocycles. The molecule has 0 bridgehead atoms. The lowest BCUT2D eigenvalue weighted by atomic mass is 10.1. The van der Waals surface area contributed by atoms with Gasteiger partial charge in [-0.05, 0) is 24.9 Å². The van der Waals surface area contributed by atoms with Crippen molar-refractivity contribution in [3.05, 3.63) is 12.2 Å². The van der Waals surface area contributed by atoms with Gasteiger partial charge >= 0.3 is 0 Å². The van der Waals surface area contributed by atoms with E-state index in [2.05, 4.69) is 39.3 Å². The molecule has 0 aliphatic carbocycles. The Labute approximate surface area is 191 Å². The van der Waals surface area contributed by atoms with Crippen LogP contribution in [0.1, 0.15) is 12.8 Å². The largest absolute Gasteiger partial charge is 0.394 e. The van der Waals surface area contributed by atoms with Gasteiger partial charge in [-0.2, -0.15) is 0 Å². The third kappa shape index (κ3) is 13.9. The summed E-state index contributed by atoms with van der Waals surface area (Å²) in [6.45, 7) is 15.1. The van der Waals surface area contributed by atoms with Crippen LogP contribution in [-0.4, -0.2) is 90.8 Å². The number of aliphatic hydroxyl groups is 2. The molecule has 0 spiro atoms. The number of hydrogen-bond donors (Lipinski definition) is 2. The topological polar surface area (TPSA) is 86.6 Å². The maximum absolute atomic E-state index is 9.89. The fourth-order valence-corrected chi connectivity index (χ4v) is 4.49. The van der Waals surface area contributed by atoms with E-state index < -0.39 is 28.4 Å². The van der Waals surface area contributed by atoms with Gasteiger partial charge in [0.05, 0.1) is 25.4 Å². The van der Waals surface area contributed by atoms with E-state index in [1.807, 2.05) is 12.2 Å². The van der Waals surface area contributed by atoms with Gasteiger partial charge in [-0.15, -0.1) is 0 Å². The summed E-state index contributed by atoms with van der Waals surface area (Å²) in [7, 11) is -2.29. The van der Waals surface area contributed by atoms with Crippen molar-refractivity contribution in [2.24, 2.45) is 0 Å². The molecule has 2 N–H and O–H groups in total. The Bertz CT molecular complexity index is 449. The molecule has 0 saturated carbocycles. The number of ether oxygens (including phenoxy) is 5. The van der Waals surface area contributed by atoms with Crippen molar-refractivity contribution in [3.63, 3.8) is 0 Å². The van der Waals surface area contributed by atoms with Crippen molar-refractivity contribution < 1.29 is 33.9 Å². The fourth-order valence-electron chi connectivity index (χ4n) is 2.98. The van der Waals surface area contributed by atoms with Crippen LogP contribution in [0.2, 0.25) is 51.4 Å². The highest BCUT2D eigenvalue weighted by molar-refractivity contribution is 6.76. The molecule has 31 heavy (non-hydrogen) atoms. The molecular formula is C22H46O7Si2. The molecule has 0 aromatic carbocycles. The smallest absolute Gasteiger partial charge is 0.147 e. The van der Waals surface area contributed by atoms with Crippen LogP contribution < -0.4 is 0 Å². The number of hydrogen-bond acceptors (Lipinski definition) is 7. The van der Waals surface area contributed by atoms with Crippen LogP contribution in [0.15, 0.2) is 12.2 Å². The lowest BCUT2D eigenvalue weighted by molar-refractivity contribution is -0.195. The second kappa shape index (κ2) is 14.9. The summed E-state index contributed by atoms with van der Waals surface area (Å²) in [5.74, 6) is 0. The van der Waals surface area contributed by atoms with E-state index in [1.165, 1.54) is 0 Å². The highest BCUT2D eigenvalue weighted by Crippen LogP contribution is 2.20. The molecule has 1 heterocycles. The van der Waals surface area contributed by atoms with Gasteiger partial charge in [0.15, 0.2) is 0 Å². The van der Waals surface area contributed by atoms with Gasteiger partial charge in [0.1, 0.15) is 25.8 Å². The van der Waals surface area contributed by atoms with E-state index in [9.17, 15) is 10.2 Å². The maximum atomic E-state index is 9.89. The van der Waals surface area contributed by atoms with E-state index >= 15 is 0 Å². The van der Waals surface area contributed by atoms with Gasteiger partial charge in [-0.1, -0.05) is 51.4 Å². The van der Waals surface area contributed by atoms with Crippen molar-refractivity contribution in [2.75, 3.05) is 40.0 Å². The average molecular weight is 479 g/mol. The molecule has 0 aromatic rings. The normalized spacial score (nSPS) is 26.8. The molecule has 0 radical (unpaired) electrons. The Morgan fingerprint density at radius 2 is 1.13 bits per heavy atom. The van der Waals surface area contributed by atoms with Gasteiger partial charge in [-0.25, -0.2) is 0 Å². The summed E-state index contributed by atoms with van der Waals surface area (Å²) in [5, 5.41) is 19.8. The molecule has 7 nitrogen and oxygen atoms in total.